The molecule has 0 aliphatic carbocycles. The van der Waals surface area contributed by atoms with E-state index in [-0.39, 0.29) is 25.0 Å². The molecule has 1 amide bonds. The van der Waals surface area contributed by atoms with Crippen LogP contribution >= 0.6 is 0 Å². The Morgan fingerprint density at radius 3 is 2.70 bits per heavy atom. The molecule has 1 rings (SSSR count). The van der Waals surface area contributed by atoms with Crippen LogP contribution in [0.15, 0.2) is 30.3 Å². The molecule has 0 heterocycles. The number of aliphatic hydroxyl groups is 1. The molecule has 0 saturated carbocycles. The Balaban J connectivity index is 2.51. The molecule has 0 bridgehead atoms. The first kappa shape index (κ1) is 18.7. The second-order valence-corrected chi connectivity index (χ2v) is 5.73. The Labute approximate surface area is 137 Å². The zero-order valence-corrected chi connectivity index (χ0v) is 13.9. The lowest BCUT2D eigenvalue weighted by atomic mass is 9.89. The van der Waals surface area contributed by atoms with Gasteiger partial charge in [0.25, 0.3) is 0 Å². The Morgan fingerprint density at radius 2 is 2.13 bits per heavy atom. The molecule has 0 fully saturated rings. The molecule has 0 aromatic heterocycles. The molecule has 1 aromatic carbocycles. The minimum Gasteiger partial charge on any atom is -0.479 e. The minimum atomic E-state index is -0.919. The van der Waals surface area contributed by atoms with Crippen molar-refractivity contribution in [2.45, 2.75) is 32.8 Å². The van der Waals surface area contributed by atoms with Crippen molar-refractivity contribution >= 4 is 12.0 Å². The van der Waals surface area contributed by atoms with Crippen molar-refractivity contribution in [3.05, 3.63) is 35.9 Å². The molecule has 0 aliphatic rings. The zero-order valence-electron chi connectivity index (χ0n) is 13.9. The number of carbonyl (C=O) groups is 1. The molecule has 0 spiro atoms. The zero-order chi connectivity index (χ0) is 17.3. The van der Waals surface area contributed by atoms with Crippen LogP contribution in [0, 0.1) is 17.2 Å². The predicted octanol–water partition coefficient (Wildman–Crippen LogP) is 2.52. The monoisotopic (exact) mass is 316 g/mol. The number of carbonyl (C=O) groups excluding carboxylic acids is 1. The third-order valence-electron chi connectivity index (χ3n) is 3.91. The summed E-state index contributed by atoms with van der Waals surface area (Å²) in [5, 5.41) is 21.4. The van der Waals surface area contributed by atoms with Gasteiger partial charge in [-0.05, 0) is 36.6 Å². The first-order valence-corrected chi connectivity index (χ1v) is 7.67. The number of amides is 1. The van der Waals surface area contributed by atoms with Crippen LogP contribution < -0.4 is 10.1 Å². The van der Waals surface area contributed by atoms with Crippen LogP contribution in [0.25, 0.3) is 6.08 Å². The third-order valence-corrected chi connectivity index (χ3v) is 3.91. The molecule has 0 aliphatic heterocycles. The van der Waals surface area contributed by atoms with Gasteiger partial charge in [0.2, 0.25) is 5.91 Å². The summed E-state index contributed by atoms with van der Waals surface area (Å²) in [5.74, 6) is 0.462. The van der Waals surface area contributed by atoms with Gasteiger partial charge in [-0.2, -0.15) is 5.26 Å². The van der Waals surface area contributed by atoms with Gasteiger partial charge in [-0.25, -0.2) is 0 Å². The fourth-order valence-corrected chi connectivity index (χ4v) is 1.90. The Hall–Kier alpha value is -2.32. The normalized spacial score (nSPS) is 14.7. The van der Waals surface area contributed by atoms with E-state index in [9.17, 15) is 9.90 Å². The fourth-order valence-electron chi connectivity index (χ4n) is 1.90. The molecular weight excluding hydrogens is 292 g/mol. The van der Waals surface area contributed by atoms with Crippen LogP contribution in [0.2, 0.25) is 0 Å². The van der Waals surface area contributed by atoms with Crippen molar-refractivity contribution in [2.75, 3.05) is 13.2 Å². The molecule has 0 saturated heterocycles. The van der Waals surface area contributed by atoms with E-state index in [0.717, 1.165) is 12.0 Å². The number of nitriles is 1. The van der Waals surface area contributed by atoms with Crippen LogP contribution in [0.4, 0.5) is 0 Å². The van der Waals surface area contributed by atoms with Gasteiger partial charge in [-0.15, -0.1) is 0 Å². The van der Waals surface area contributed by atoms with Gasteiger partial charge in [0, 0.05) is 12.6 Å². The Bertz CT molecular complexity index is 571. The number of nitrogens with zero attached hydrogens (tertiary/aromatic N) is 1. The van der Waals surface area contributed by atoms with E-state index in [2.05, 4.69) is 5.32 Å². The van der Waals surface area contributed by atoms with Crippen molar-refractivity contribution in [1.29, 1.82) is 5.26 Å². The second kappa shape index (κ2) is 8.96. The summed E-state index contributed by atoms with van der Waals surface area (Å²) < 4.78 is 5.15. The summed E-state index contributed by atoms with van der Waals surface area (Å²) in [6.45, 7) is 5.91. The average Bonchev–Trinajstić information content (AvgIpc) is 2.56. The highest BCUT2D eigenvalue weighted by molar-refractivity contribution is 5.91. The smallest absolute Gasteiger partial charge is 0.244 e. The van der Waals surface area contributed by atoms with Crippen molar-refractivity contribution in [1.82, 2.24) is 5.32 Å². The van der Waals surface area contributed by atoms with Crippen LogP contribution in [0.5, 0.6) is 5.75 Å². The summed E-state index contributed by atoms with van der Waals surface area (Å²) >= 11 is 0. The van der Waals surface area contributed by atoms with Gasteiger partial charge in [0.15, 0.2) is 6.61 Å². The van der Waals surface area contributed by atoms with Gasteiger partial charge in [-0.3, -0.25) is 4.79 Å². The van der Waals surface area contributed by atoms with Gasteiger partial charge in [0.1, 0.15) is 11.8 Å². The highest BCUT2D eigenvalue weighted by Gasteiger charge is 2.26. The van der Waals surface area contributed by atoms with Crippen LogP contribution in [0.3, 0.4) is 0 Å². The third kappa shape index (κ3) is 6.54. The largest absolute Gasteiger partial charge is 0.479 e. The van der Waals surface area contributed by atoms with Crippen molar-refractivity contribution in [3.8, 4) is 11.8 Å². The van der Waals surface area contributed by atoms with Crippen LogP contribution in [-0.4, -0.2) is 29.8 Å². The average molecular weight is 316 g/mol. The van der Waals surface area contributed by atoms with E-state index in [4.69, 9.17) is 10.00 Å². The second-order valence-electron chi connectivity index (χ2n) is 5.73. The molecule has 5 heteroatoms. The summed E-state index contributed by atoms with van der Waals surface area (Å²) in [5.41, 5.74) is -0.0732. The van der Waals surface area contributed by atoms with E-state index in [1.807, 2.05) is 19.9 Å². The quantitative estimate of drug-likeness (QED) is 0.722. The van der Waals surface area contributed by atoms with E-state index in [0.29, 0.717) is 5.75 Å². The van der Waals surface area contributed by atoms with Gasteiger partial charge in [0.05, 0.1) is 5.60 Å². The van der Waals surface area contributed by atoms with E-state index >= 15 is 0 Å². The minimum absolute atomic E-state index is 0.00764. The number of nitrogens with one attached hydrogen (secondary N) is 1. The van der Waals surface area contributed by atoms with Crippen molar-refractivity contribution < 1.29 is 14.6 Å². The summed E-state index contributed by atoms with van der Waals surface area (Å²) in [7, 11) is 0. The number of hydrogen-bond acceptors (Lipinski definition) is 4. The van der Waals surface area contributed by atoms with E-state index in [1.54, 1.807) is 37.3 Å². The van der Waals surface area contributed by atoms with Gasteiger partial charge >= 0.3 is 0 Å². The topological polar surface area (TPSA) is 82.3 Å². The molecule has 2 unspecified atom stereocenters. The Morgan fingerprint density at radius 1 is 1.48 bits per heavy atom. The molecule has 2 atom stereocenters. The number of ether oxygens (including phenoxy) is 1. The van der Waals surface area contributed by atoms with Gasteiger partial charge in [-0.1, -0.05) is 32.4 Å². The number of rotatable bonds is 8. The highest BCUT2D eigenvalue weighted by atomic mass is 16.5. The predicted molar refractivity (Wildman–Crippen MR) is 89.7 cm³/mol. The maximum atomic E-state index is 11.8. The van der Waals surface area contributed by atoms with Crippen molar-refractivity contribution in [2.24, 2.45) is 5.92 Å². The summed E-state index contributed by atoms with van der Waals surface area (Å²) in [4.78, 5) is 11.8. The Kier molecular flexibility index (Phi) is 7.30. The number of hydrogen-bond donors (Lipinski definition) is 2. The fraction of sp³-hybridized carbons (Fsp3) is 0.444. The molecule has 1 aromatic rings. The lowest BCUT2D eigenvalue weighted by molar-refractivity contribution is -0.118. The molecular formula is C18H24N2O3. The summed E-state index contributed by atoms with van der Waals surface area (Å²) in [6, 6.07) is 8.97. The first-order valence-electron chi connectivity index (χ1n) is 7.67. The van der Waals surface area contributed by atoms with E-state index < -0.39 is 5.60 Å². The van der Waals surface area contributed by atoms with Crippen LogP contribution in [0.1, 0.15) is 32.8 Å². The number of benzene rings is 1. The first-order chi connectivity index (χ1) is 10.9. The molecule has 23 heavy (non-hydrogen) atoms. The SMILES string of the molecule is CCC(C)C(C)(O)CNC(=O)C=Cc1ccc(OCC#N)cc1. The molecule has 0 radical (unpaired) electrons. The summed E-state index contributed by atoms with van der Waals surface area (Å²) in [6.07, 6.45) is 3.96. The maximum absolute atomic E-state index is 11.8. The van der Waals surface area contributed by atoms with E-state index in [1.165, 1.54) is 6.08 Å². The standard InChI is InChI=1S/C18H24N2O3/c1-4-14(2)18(3,22)13-20-17(21)10-7-15-5-8-16(9-6-15)23-12-11-19/h5-10,14,22H,4,12-13H2,1-3H3,(H,20,21). The molecule has 5 nitrogen and oxygen atoms in total. The lowest BCUT2D eigenvalue weighted by Crippen LogP contribution is -2.44. The van der Waals surface area contributed by atoms with Gasteiger partial charge < -0.3 is 15.2 Å². The molecule has 2 N–H and O–H groups in total. The highest BCUT2D eigenvalue weighted by Crippen LogP contribution is 2.18. The molecule has 124 valence electrons. The van der Waals surface area contributed by atoms with Crippen molar-refractivity contribution in [3.63, 3.8) is 0 Å². The maximum Gasteiger partial charge on any atom is 0.244 e. The van der Waals surface area contributed by atoms with Crippen LogP contribution in [-0.2, 0) is 4.79 Å². The lowest BCUT2D eigenvalue weighted by Gasteiger charge is -2.29.